The first-order valence-corrected chi connectivity index (χ1v) is 6.57. The third-order valence-corrected chi connectivity index (χ3v) is 4.03. The summed E-state index contributed by atoms with van der Waals surface area (Å²) in [6.07, 6.45) is 4.19. The van der Waals surface area contributed by atoms with Crippen molar-refractivity contribution < 1.29 is 0 Å². The minimum Gasteiger partial charge on any atom is -0.351 e. The Hall–Kier alpha value is -1.40. The first-order valence-electron chi connectivity index (χ1n) is 6.57. The van der Waals surface area contributed by atoms with E-state index in [0.717, 1.165) is 18.9 Å². The number of nitrogens with zero attached hydrogens (tertiary/aromatic N) is 4. The Morgan fingerprint density at radius 2 is 2.28 bits per heavy atom. The van der Waals surface area contributed by atoms with Crippen molar-refractivity contribution in [3.8, 4) is 0 Å². The molecule has 6 heteroatoms. The lowest BCUT2D eigenvalue weighted by atomic mass is 10.1. The average molecular weight is 248 g/mol. The molecule has 0 aromatic carbocycles. The molecule has 2 atom stereocenters. The van der Waals surface area contributed by atoms with E-state index in [9.17, 15) is 0 Å². The number of piperazine rings is 1. The number of nitrogens with one attached hydrogen (secondary N) is 1. The molecule has 0 amide bonds. The standard InChI is InChI=1S/C12H20N6/c1-9-6-17-4-2-3-10(17)7-18(9)12-5-11(16-13)14-8-15-12/h5,8-10H,2-4,6-7,13H2,1H3,(H,14,15,16). The minimum absolute atomic E-state index is 0.486. The molecule has 2 unspecified atom stereocenters. The van der Waals surface area contributed by atoms with Gasteiger partial charge in [0.2, 0.25) is 0 Å². The Kier molecular flexibility index (Phi) is 3.05. The fraction of sp³-hybridized carbons (Fsp3) is 0.667. The fourth-order valence-corrected chi connectivity index (χ4v) is 3.09. The summed E-state index contributed by atoms with van der Waals surface area (Å²) < 4.78 is 0. The summed E-state index contributed by atoms with van der Waals surface area (Å²) >= 11 is 0. The van der Waals surface area contributed by atoms with Gasteiger partial charge in [0.05, 0.1) is 0 Å². The molecule has 0 aliphatic carbocycles. The van der Waals surface area contributed by atoms with Crippen molar-refractivity contribution in [2.45, 2.75) is 31.8 Å². The highest BCUT2D eigenvalue weighted by atomic mass is 15.3. The van der Waals surface area contributed by atoms with E-state index in [1.165, 1.54) is 19.4 Å². The topological polar surface area (TPSA) is 70.3 Å². The number of aromatic nitrogens is 2. The second kappa shape index (κ2) is 4.70. The SMILES string of the molecule is CC1CN2CCCC2CN1c1cc(NN)ncn1. The molecule has 2 saturated heterocycles. The smallest absolute Gasteiger partial charge is 0.145 e. The second-order valence-corrected chi connectivity index (χ2v) is 5.20. The Labute approximate surface area is 107 Å². The van der Waals surface area contributed by atoms with Crippen molar-refractivity contribution in [3.05, 3.63) is 12.4 Å². The summed E-state index contributed by atoms with van der Waals surface area (Å²) in [6.45, 7) is 5.69. The van der Waals surface area contributed by atoms with Gasteiger partial charge in [0.15, 0.2) is 0 Å². The van der Waals surface area contributed by atoms with E-state index in [1.807, 2.05) is 6.07 Å². The van der Waals surface area contributed by atoms with Gasteiger partial charge in [-0.15, -0.1) is 0 Å². The van der Waals surface area contributed by atoms with Crippen LogP contribution in [0.25, 0.3) is 0 Å². The second-order valence-electron chi connectivity index (χ2n) is 5.20. The normalized spacial score (nSPS) is 28.2. The number of nitrogen functional groups attached to an aromatic ring is 1. The lowest BCUT2D eigenvalue weighted by Gasteiger charge is -2.42. The molecule has 6 nitrogen and oxygen atoms in total. The van der Waals surface area contributed by atoms with Crippen LogP contribution in [0, 0.1) is 0 Å². The highest BCUT2D eigenvalue weighted by Crippen LogP contribution is 2.27. The predicted molar refractivity (Wildman–Crippen MR) is 71.2 cm³/mol. The molecule has 2 fully saturated rings. The maximum Gasteiger partial charge on any atom is 0.145 e. The largest absolute Gasteiger partial charge is 0.351 e. The highest BCUT2D eigenvalue weighted by Gasteiger charge is 2.34. The predicted octanol–water partition coefficient (Wildman–Crippen LogP) is 0.435. The van der Waals surface area contributed by atoms with Crippen molar-refractivity contribution in [1.82, 2.24) is 14.9 Å². The number of rotatable bonds is 2. The van der Waals surface area contributed by atoms with Crippen molar-refractivity contribution >= 4 is 11.6 Å². The van der Waals surface area contributed by atoms with Gasteiger partial charge in [0.25, 0.3) is 0 Å². The highest BCUT2D eigenvalue weighted by molar-refractivity contribution is 5.49. The quantitative estimate of drug-likeness (QED) is 0.584. The maximum atomic E-state index is 5.40. The molecule has 0 radical (unpaired) electrons. The lowest BCUT2D eigenvalue weighted by Crippen LogP contribution is -2.55. The van der Waals surface area contributed by atoms with E-state index in [4.69, 9.17) is 5.84 Å². The van der Waals surface area contributed by atoms with Crippen LogP contribution in [-0.4, -0.2) is 46.6 Å². The van der Waals surface area contributed by atoms with Crippen molar-refractivity contribution in [2.24, 2.45) is 5.84 Å². The van der Waals surface area contributed by atoms with Crippen LogP contribution in [0.15, 0.2) is 12.4 Å². The number of nitrogens with two attached hydrogens (primary N) is 1. The van der Waals surface area contributed by atoms with Crippen LogP contribution in [0.5, 0.6) is 0 Å². The van der Waals surface area contributed by atoms with Gasteiger partial charge in [-0.2, -0.15) is 0 Å². The summed E-state index contributed by atoms with van der Waals surface area (Å²) in [5.41, 5.74) is 2.58. The van der Waals surface area contributed by atoms with Crippen LogP contribution >= 0.6 is 0 Å². The van der Waals surface area contributed by atoms with Gasteiger partial charge < -0.3 is 10.3 Å². The zero-order valence-corrected chi connectivity index (χ0v) is 10.7. The number of hydrogen-bond donors (Lipinski definition) is 2. The fourth-order valence-electron chi connectivity index (χ4n) is 3.09. The van der Waals surface area contributed by atoms with E-state index < -0.39 is 0 Å². The Morgan fingerprint density at radius 1 is 1.39 bits per heavy atom. The molecule has 0 spiro atoms. The molecular weight excluding hydrogens is 228 g/mol. The minimum atomic E-state index is 0.486. The zero-order valence-electron chi connectivity index (χ0n) is 10.7. The van der Waals surface area contributed by atoms with Crippen LogP contribution in [0.3, 0.4) is 0 Å². The monoisotopic (exact) mass is 248 g/mol. The molecule has 3 heterocycles. The molecule has 2 aliphatic rings. The summed E-state index contributed by atoms with van der Waals surface area (Å²) in [7, 11) is 0. The van der Waals surface area contributed by atoms with E-state index in [0.29, 0.717) is 17.9 Å². The summed E-state index contributed by atoms with van der Waals surface area (Å²) in [5.74, 6) is 7.04. The van der Waals surface area contributed by atoms with Crippen LogP contribution < -0.4 is 16.2 Å². The van der Waals surface area contributed by atoms with E-state index in [1.54, 1.807) is 6.33 Å². The Balaban J connectivity index is 1.81. The molecular formula is C12H20N6. The average Bonchev–Trinajstić information content (AvgIpc) is 2.85. The molecule has 1 aromatic rings. The molecule has 0 bridgehead atoms. The van der Waals surface area contributed by atoms with Crippen LogP contribution in [0.4, 0.5) is 11.6 Å². The van der Waals surface area contributed by atoms with Gasteiger partial charge in [-0.3, -0.25) is 4.90 Å². The van der Waals surface area contributed by atoms with Gasteiger partial charge in [-0.1, -0.05) is 0 Å². The van der Waals surface area contributed by atoms with Gasteiger partial charge in [-0.05, 0) is 26.3 Å². The Morgan fingerprint density at radius 3 is 3.11 bits per heavy atom. The Bertz CT molecular complexity index is 423. The van der Waals surface area contributed by atoms with Crippen molar-refractivity contribution in [2.75, 3.05) is 30.0 Å². The van der Waals surface area contributed by atoms with Crippen molar-refractivity contribution in [3.63, 3.8) is 0 Å². The van der Waals surface area contributed by atoms with E-state index in [-0.39, 0.29) is 0 Å². The van der Waals surface area contributed by atoms with Gasteiger partial charge in [0, 0.05) is 31.2 Å². The number of hydrazine groups is 1. The molecule has 18 heavy (non-hydrogen) atoms. The molecule has 0 saturated carbocycles. The first kappa shape index (κ1) is 11.7. The third kappa shape index (κ3) is 2.02. The molecule has 98 valence electrons. The van der Waals surface area contributed by atoms with Crippen molar-refractivity contribution in [1.29, 1.82) is 0 Å². The van der Waals surface area contributed by atoms with E-state index in [2.05, 4.69) is 32.1 Å². The first-order chi connectivity index (χ1) is 8.78. The molecule has 3 N–H and O–H groups in total. The molecule has 1 aromatic heterocycles. The summed E-state index contributed by atoms with van der Waals surface area (Å²) in [6, 6.07) is 3.09. The summed E-state index contributed by atoms with van der Waals surface area (Å²) in [5, 5.41) is 0. The number of fused-ring (bicyclic) bond motifs is 1. The van der Waals surface area contributed by atoms with Gasteiger partial charge >= 0.3 is 0 Å². The number of hydrogen-bond acceptors (Lipinski definition) is 6. The van der Waals surface area contributed by atoms with Gasteiger partial charge in [0.1, 0.15) is 18.0 Å². The molecule has 3 rings (SSSR count). The zero-order chi connectivity index (χ0) is 12.5. The number of anilines is 2. The van der Waals surface area contributed by atoms with Gasteiger partial charge in [-0.25, -0.2) is 15.8 Å². The maximum absolute atomic E-state index is 5.40. The van der Waals surface area contributed by atoms with Crippen LogP contribution in [0.1, 0.15) is 19.8 Å². The van der Waals surface area contributed by atoms with Crippen LogP contribution in [0.2, 0.25) is 0 Å². The summed E-state index contributed by atoms with van der Waals surface area (Å²) in [4.78, 5) is 13.4. The molecule has 2 aliphatic heterocycles. The lowest BCUT2D eigenvalue weighted by molar-refractivity contribution is 0.202. The third-order valence-electron chi connectivity index (χ3n) is 4.03. The van der Waals surface area contributed by atoms with E-state index >= 15 is 0 Å². The van der Waals surface area contributed by atoms with Crippen LogP contribution in [-0.2, 0) is 0 Å².